The molecule has 0 unspecified atom stereocenters. The zero-order valence-electron chi connectivity index (χ0n) is 10.3. The Labute approximate surface area is 105 Å². The average molecular weight is 256 g/mol. The van der Waals surface area contributed by atoms with Crippen molar-refractivity contribution in [1.29, 1.82) is 0 Å². The fourth-order valence-corrected chi connectivity index (χ4v) is 2.78. The summed E-state index contributed by atoms with van der Waals surface area (Å²) in [6.07, 6.45) is 3.19. The lowest BCUT2D eigenvalue weighted by atomic mass is 9.86. The van der Waals surface area contributed by atoms with Crippen molar-refractivity contribution in [3.8, 4) is 0 Å². The second kappa shape index (κ2) is 4.26. The van der Waals surface area contributed by atoms with Gasteiger partial charge in [-0.15, -0.1) is 10.2 Å². The molecule has 2 N–H and O–H groups in total. The standard InChI is InChI=1S/C12H18F2N4/c13-12(14)5-3-8(4-6-12)11-17-16-10(7-15)18(11)9-1-2-9/h8-9H,1-7,15H2. The molecule has 1 heterocycles. The molecular weight excluding hydrogens is 238 g/mol. The monoisotopic (exact) mass is 256 g/mol. The number of rotatable bonds is 3. The van der Waals surface area contributed by atoms with Crippen molar-refractivity contribution >= 4 is 0 Å². The van der Waals surface area contributed by atoms with E-state index in [9.17, 15) is 8.78 Å². The highest BCUT2D eigenvalue weighted by Gasteiger charge is 2.39. The van der Waals surface area contributed by atoms with Crippen molar-refractivity contribution in [2.75, 3.05) is 0 Å². The molecule has 1 aromatic rings. The molecule has 100 valence electrons. The Morgan fingerprint density at radius 3 is 2.39 bits per heavy atom. The number of hydrogen-bond acceptors (Lipinski definition) is 3. The van der Waals surface area contributed by atoms with E-state index in [1.807, 2.05) is 0 Å². The maximum atomic E-state index is 13.2. The van der Waals surface area contributed by atoms with Gasteiger partial charge < -0.3 is 10.3 Å². The number of hydrogen-bond donors (Lipinski definition) is 1. The highest BCUT2D eigenvalue weighted by Crippen LogP contribution is 2.43. The van der Waals surface area contributed by atoms with Gasteiger partial charge in [-0.25, -0.2) is 8.78 Å². The second-order valence-electron chi connectivity index (χ2n) is 5.41. The van der Waals surface area contributed by atoms with E-state index < -0.39 is 5.92 Å². The van der Waals surface area contributed by atoms with E-state index in [4.69, 9.17) is 5.73 Å². The Morgan fingerprint density at radius 1 is 1.17 bits per heavy atom. The normalized spacial score (nSPS) is 24.4. The van der Waals surface area contributed by atoms with Crippen LogP contribution in [-0.4, -0.2) is 20.7 Å². The molecule has 2 saturated carbocycles. The van der Waals surface area contributed by atoms with Crippen LogP contribution in [0.3, 0.4) is 0 Å². The minimum absolute atomic E-state index is 0.0346. The largest absolute Gasteiger partial charge is 0.324 e. The fraction of sp³-hybridized carbons (Fsp3) is 0.833. The van der Waals surface area contributed by atoms with Crippen LogP contribution < -0.4 is 5.73 Å². The molecule has 0 aliphatic heterocycles. The smallest absolute Gasteiger partial charge is 0.248 e. The molecule has 4 nitrogen and oxygen atoms in total. The van der Waals surface area contributed by atoms with Crippen molar-refractivity contribution in [2.45, 2.75) is 63.0 Å². The summed E-state index contributed by atoms with van der Waals surface area (Å²) in [6.45, 7) is 0.367. The lowest BCUT2D eigenvalue weighted by molar-refractivity contribution is -0.0390. The van der Waals surface area contributed by atoms with Gasteiger partial charge in [0.2, 0.25) is 5.92 Å². The van der Waals surface area contributed by atoms with Crippen LogP contribution >= 0.6 is 0 Å². The third-order valence-corrected chi connectivity index (χ3v) is 3.97. The molecule has 0 radical (unpaired) electrons. The van der Waals surface area contributed by atoms with Gasteiger partial charge in [0.05, 0.1) is 6.54 Å². The number of alkyl halides is 2. The first kappa shape index (κ1) is 12.0. The van der Waals surface area contributed by atoms with Crippen LogP contribution in [0, 0.1) is 0 Å². The average Bonchev–Trinajstić information content (AvgIpc) is 3.09. The van der Waals surface area contributed by atoms with Gasteiger partial charge in [0, 0.05) is 24.8 Å². The molecule has 2 aliphatic rings. The van der Waals surface area contributed by atoms with Crippen LogP contribution in [0.4, 0.5) is 8.78 Å². The molecule has 0 amide bonds. The molecule has 0 bridgehead atoms. The molecule has 6 heteroatoms. The molecule has 2 aliphatic carbocycles. The van der Waals surface area contributed by atoms with Gasteiger partial charge in [0.15, 0.2) is 0 Å². The van der Waals surface area contributed by atoms with Crippen LogP contribution in [0.2, 0.25) is 0 Å². The molecule has 2 fully saturated rings. The maximum Gasteiger partial charge on any atom is 0.248 e. The van der Waals surface area contributed by atoms with Crippen molar-refractivity contribution in [2.24, 2.45) is 5.73 Å². The number of halogens is 2. The molecule has 0 aromatic carbocycles. The predicted octanol–water partition coefficient (Wildman–Crippen LogP) is 2.36. The maximum absolute atomic E-state index is 13.2. The van der Waals surface area contributed by atoms with E-state index in [2.05, 4.69) is 14.8 Å². The molecular formula is C12H18F2N4. The molecule has 3 rings (SSSR count). The lowest BCUT2D eigenvalue weighted by Crippen LogP contribution is -2.25. The van der Waals surface area contributed by atoms with Gasteiger partial charge in [-0.2, -0.15) is 0 Å². The van der Waals surface area contributed by atoms with E-state index in [1.54, 1.807) is 0 Å². The molecule has 1 aromatic heterocycles. The first-order valence-corrected chi connectivity index (χ1v) is 6.62. The lowest BCUT2D eigenvalue weighted by Gasteiger charge is -2.28. The van der Waals surface area contributed by atoms with Crippen LogP contribution in [-0.2, 0) is 6.54 Å². The number of nitrogens with two attached hydrogens (primary N) is 1. The van der Waals surface area contributed by atoms with Gasteiger partial charge in [-0.05, 0) is 25.7 Å². The third-order valence-electron chi connectivity index (χ3n) is 3.97. The van der Waals surface area contributed by atoms with Crippen molar-refractivity contribution in [3.63, 3.8) is 0 Å². The van der Waals surface area contributed by atoms with Gasteiger partial charge >= 0.3 is 0 Å². The van der Waals surface area contributed by atoms with E-state index in [1.165, 1.54) is 0 Å². The Balaban J connectivity index is 1.82. The Hall–Kier alpha value is -1.04. The zero-order valence-corrected chi connectivity index (χ0v) is 10.3. The number of nitrogens with zero attached hydrogens (tertiary/aromatic N) is 3. The van der Waals surface area contributed by atoms with Crippen molar-refractivity contribution < 1.29 is 8.78 Å². The van der Waals surface area contributed by atoms with Crippen LogP contribution in [0.1, 0.15) is 62.1 Å². The van der Waals surface area contributed by atoms with Crippen LogP contribution in [0.25, 0.3) is 0 Å². The van der Waals surface area contributed by atoms with Gasteiger partial charge in [-0.1, -0.05) is 0 Å². The van der Waals surface area contributed by atoms with Crippen molar-refractivity contribution in [3.05, 3.63) is 11.6 Å². The van der Waals surface area contributed by atoms with E-state index >= 15 is 0 Å². The molecule has 0 spiro atoms. The topological polar surface area (TPSA) is 56.7 Å². The first-order chi connectivity index (χ1) is 8.61. The van der Waals surface area contributed by atoms with Gasteiger partial charge in [0.1, 0.15) is 11.6 Å². The highest BCUT2D eigenvalue weighted by molar-refractivity contribution is 5.08. The van der Waals surface area contributed by atoms with Crippen LogP contribution in [0.15, 0.2) is 0 Å². The Morgan fingerprint density at radius 2 is 1.83 bits per heavy atom. The fourth-order valence-electron chi connectivity index (χ4n) is 2.78. The summed E-state index contributed by atoms with van der Waals surface area (Å²) in [5.41, 5.74) is 5.66. The Bertz CT molecular complexity index is 429. The summed E-state index contributed by atoms with van der Waals surface area (Å²) in [6, 6.07) is 0.455. The summed E-state index contributed by atoms with van der Waals surface area (Å²) < 4.78 is 28.5. The van der Waals surface area contributed by atoms with Crippen LogP contribution in [0.5, 0.6) is 0 Å². The minimum Gasteiger partial charge on any atom is -0.324 e. The zero-order chi connectivity index (χ0) is 12.8. The predicted molar refractivity (Wildman–Crippen MR) is 62.3 cm³/mol. The summed E-state index contributed by atoms with van der Waals surface area (Å²) in [4.78, 5) is 0. The molecule has 18 heavy (non-hydrogen) atoms. The summed E-state index contributed by atoms with van der Waals surface area (Å²) >= 11 is 0. The third kappa shape index (κ3) is 2.13. The quantitative estimate of drug-likeness (QED) is 0.903. The van der Waals surface area contributed by atoms with Gasteiger partial charge in [-0.3, -0.25) is 0 Å². The summed E-state index contributed by atoms with van der Waals surface area (Å²) in [7, 11) is 0. The number of aromatic nitrogens is 3. The van der Waals surface area contributed by atoms with E-state index in [0.29, 0.717) is 25.4 Å². The summed E-state index contributed by atoms with van der Waals surface area (Å²) in [5.74, 6) is -0.686. The first-order valence-electron chi connectivity index (χ1n) is 6.62. The highest BCUT2D eigenvalue weighted by atomic mass is 19.3. The summed E-state index contributed by atoms with van der Waals surface area (Å²) in [5, 5.41) is 8.32. The van der Waals surface area contributed by atoms with E-state index in [0.717, 1.165) is 24.5 Å². The second-order valence-corrected chi connectivity index (χ2v) is 5.41. The molecule has 0 saturated heterocycles. The SMILES string of the molecule is NCc1nnc(C2CCC(F)(F)CC2)n1C1CC1. The minimum atomic E-state index is -2.49. The van der Waals surface area contributed by atoms with Crippen molar-refractivity contribution in [1.82, 2.24) is 14.8 Å². The van der Waals surface area contributed by atoms with Gasteiger partial charge in [0.25, 0.3) is 0 Å². The molecule has 0 atom stereocenters. The Kier molecular flexibility index (Phi) is 2.84. The van der Waals surface area contributed by atoms with E-state index in [-0.39, 0.29) is 18.8 Å².